The van der Waals surface area contributed by atoms with Crippen LogP contribution in [0.1, 0.15) is 43.1 Å². The van der Waals surface area contributed by atoms with E-state index in [2.05, 4.69) is 22.4 Å². The zero-order valence-electron chi connectivity index (χ0n) is 16.5. The molecule has 0 aliphatic heterocycles. The van der Waals surface area contributed by atoms with Gasteiger partial charge in [-0.25, -0.2) is 4.98 Å². The van der Waals surface area contributed by atoms with Crippen molar-refractivity contribution in [3.63, 3.8) is 0 Å². The zero-order chi connectivity index (χ0) is 19.4. The molecule has 0 aliphatic carbocycles. The Kier molecular flexibility index (Phi) is 5.79. The number of rotatable bonds is 7. The van der Waals surface area contributed by atoms with Gasteiger partial charge in [-0.1, -0.05) is 24.3 Å². The van der Waals surface area contributed by atoms with Crippen molar-refractivity contribution < 1.29 is 9.53 Å². The second kappa shape index (κ2) is 8.25. The van der Waals surface area contributed by atoms with Gasteiger partial charge in [0, 0.05) is 42.9 Å². The highest BCUT2D eigenvalue weighted by Gasteiger charge is 2.26. The second-order valence-electron chi connectivity index (χ2n) is 6.61. The number of hydrogen-bond acceptors (Lipinski definition) is 3. The van der Waals surface area contributed by atoms with Crippen LogP contribution in [0.5, 0.6) is 5.75 Å². The summed E-state index contributed by atoms with van der Waals surface area (Å²) < 4.78 is 7.74. The third kappa shape index (κ3) is 3.68. The van der Waals surface area contributed by atoms with Crippen molar-refractivity contribution in [3.05, 3.63) is 65.6 Å². The monoisotopic (exact) mass is 365 g/mol. The maximum atomic E-state index is 13.0. The Bertz CT molecular complexity index is 928. The van der Waals surface area contributed by atoms with Gasteiger partial charge in [0.2, 0.25) is 5.91 Å². The van der Waals surface area contributed by atoms with E-state index in [0.29, 0.717) is 19.5 Å². The normalized spacial score (nSPS) is 12.1. The molecule has 3 aromatic rings. The minimum absolute atomic E-state index is 0.134. The first-order chi connectivity index (χ1) is 13.1. The number of benzene rings is 1. The number of pyridine rings is 1. The Morgan fingerprint density at radius 3 is 2.59 bits per heavy atom. The lowest BCUT2D eigenvalue weighted by molar-refractivity contribution is -0.131. The highest BCUT2D eigenvalue weighted by Crippen LogP contribution is 2.35. The van der Waals surface area contributed by atoms with E-state index in [1.54, 1.807) is 7.11 Å². The number of aryl methyl sites for hydroxylation is 1. The number of imidazole rings is 1. The Morgan fingerprint density at radius 2 is 1.89 bits per heavy atom. The fraction of sp³-hybridized carbons (Fsp3) is 0.364. The third-order valence-corrected chi connectivity index (χ3v) is 5.12. The number of ether oxygens (including phenoxy) is 1. The van der Waals surface area contributed by atoms with Crippen molar-refractivity contribution in [1.82, 2.24) is 14.3 Å². The molecule has 1 aromatic carbocycles. The molecule has 0 N–H and O–H groups in total. The van der Waals surface area contributed by atoms with Gasteiger partial charge in [-0.15, -0.1) is 0 Å². The van der Waals surface area contributed by atoms with Crippen LogP contribution < -0.4 is 4.74 Å². The summed E-state index contributed by atoms with van der Waals surface area (Å²) >= 11 is 0. The molecule has 142 valence electrons. The number of carbonyl (C=O) groups is 1. The van der Waals surface area contributed by atoms with Crippen LogP contribution >= 0.6 is 0 Å². The molecule has 27 heavy (non-hydrogen) atoms. The number of methoxy groups -OCH3 is 1. The van der Waals surface area contributed by atoms with Gasteiger partial charge in [0.1, 0.15) is 11.4 Å². The topological polar surface area (TPSA) is 46.8 Å². The van der Waals surface area contributed by atoms with Crippen molar-refractivity contribution in [2.75, 3.05) is 20.2 Å². The van der Waals surface area contributed by atoms with Crippen LogP contribution in [0.15, 0.2) is 48.7 Å². The van der Waals surface area contributed by atoms with E-state index in [-0.39, 0.29) is 11.8 Å². The Morgan fingerprint density at radius 1 is 1.15 bits per heavy atom. The summed E-state index contributed by atoms with van der Waals surface area (Å²) in [7, 11) is 1.67. The molecule has 0 fully saturated rings. The first-order valence-electron chi connectivity index (χ1n) is 9.44. The summed E-state index contributed by atoms with van der Waals surface area (Å²) in [6, 6.07) is 14.0. The van der Waals surface area contributed by atoms with Gasteiger partial charge in [0.05, 0.1) is 12.8 Å². The van der Waals surface area contributed by atoms with E-state index in [0.717, 1.165) is 28.3 Å². The molecule has 5 heteroatoms. The molecular formula is C22H27N3O2. The quantitative estimate of drug-likeness (QED) is 0.635. The Hall–Kier alpha value is -2.82. The van der Waals surface area contributed by atoms with Gasteiger partial charge >= 0.3 is 0 Å². The van der Waals surface area contributed by atoms with Gasteiger partial charge in [-0.2, -0.15) is 0 Å². The highest BCUT2D eigenvalue weighted by molar-refractivity contribution is 5.78. The van der Waals surface area contributed by atoms with Crippen molar-refractivity contribution in [3.8, 4) is 5.75 Å². The predicted molar refractivity (Wildman–Crippen MR) is 107 cm³/mol. The molecule has 0 saturated heterocycles. The van der Waals surface area contributed by atoms with Crippen molar-refractivity contribution in [1.29, 1.82) is 0 Å². The van der Waals surface area contributed by atoms with Crippen molar-refractivity contribution >= 4 is 11.6 Å². The molecule has 0 saturated carbocycles. The lowest BCUT2D eigenvalue weighted by Crippen LogP contribution is -2.32. The van der Waals surface area contributed by atoms with Gasteiger partial charge in [-0.05, 0) is 39.0 Å². The Labute approximate surface area is 160 Å². The number of amides is 1. The van der Waals surface area contributed by atoms with Crippen LogP contribution in [0.4, 0.5) is 0 Å². The number of hydrogen-bond donors (Lipinski definition) is 0. The first kappa shape index (κ1) is 19.0. The van der Waals surface area contributed by atoms with Gasteiger partial charge in [-0.3, -0.25) is 4.79 Å². The van der Waals surface area contributed by atoms with Crippen LogP contribution in [0.2, 0.25) is 0 Å². The maximum absolute atomic E-state index is 13.0. The average molecular weight is 365 g/mol. The lowest BCUT2D eigenvalue weighted by atomic mass is 9.91. The fourth-order valence-electron chi connectivity index (χ4n) is 3.68. The van der Waals surface area contributed by atoms with E-state index >= 15 is 0 Å². The van der Waals surface area contributed by atoms with Gasteiger partial charge in [0.25, 0.3) is 0 Å². The molecule has 5 nitrogen and oxygen atoms in total. The number of nitrogens with zero attached hydrogens (tertiary/aromatic N) is 3. The predicted octanol–water partition coefficient (Wildman–Crippen LogP) is 4.04. The molecule has 1 atom stereocenters. The molecular weight excluding hydrogens is 338 g/mol. The molecule has 0 aliphatic rings. The highest BCUT2D eigenvalue weighted by atomic mass is 16.5. The average Bonchev–Trinajstić information content (AvgIpc) is 3.12. The summed E-state index contributed by atoms with van der Waals surface area (Å²) in [5, 5.41) is 0. The minimum atomic E-state index is -0.134. The molecule has 2 heterocycles. The molecule has 0 bridgehead atoms. The summed E-state index contributed by atoms with van der Waals surface area (Å²) in [6.07, 6.45) is 2.26. The first-order valence-corrected chi connectivity index (χ1v) is 9.44. The smallest absolute Gasteiger partial charge is 0.223 e. The fourth-order valence-corrected chi connectivity index (χ4v) is 3.68. The second-order valence-corrected chi connectivity index (χ2v) is 6.61. The zero-order valence-corrected chi connectivity index (χ0v) is 16.5. The standard InChI is InChI=1S/C22H27N3O2/c1-5-24(6-2)22(26)14-18(17-11-7-8-12-20(17)27-4)19-15-23-21-13-9-10-16(3)25(19)21/h7-13,15,18H,5-6,14H2,1-4H3. The molecule has 1 unspecified atom stereocenters. The van der Waals surface area contributed by atoms with E-state index in [4.69, 9.17) is 4.74 Å². The van der Waals surface area contributed by atoms with E-state index in [1.807, 2.05) is 61.3 Å². The van der Waals surface area contributed by atoms with E-state index in [1.165, 1.54) is 0 Å². The molecule has 0 spiro atoms. The molecule has 3 rings (SSSR count). The molecule has 2 aromatic heterocycles. The minimum Gasteiger partial charge on any atom is -0.496 e. The van der Waals surface area contributed by atoms with Crippen LogP contribution in [0.3, 0.4) is 0 Å². The number of para-hydroxylation sites is 1. The molecule has 0 radical (unpaired) electrons. The van der Waals surface area contributed by atoms with E-state index in [9.17, 15) is 4.79 Å². The van der Waals surface area contributed by atoms with Crippen LogP contribution in [-0.4, -0.2) is 40.4 Å². The van der Waals surface area contributed by atoms with Gasteiger partial charge in [0.15, 0.2) is 0 Å². The van der Waals surface area contributed by atoms with Gasteiger partial charge < -0.3 is 14.0 Å². The largest absolute Gasteiger partial charge is 0.496 e. The van der Waals surface area contributed by atoms with Crippen molar-refractivity contribution in [2.24, 2.45) is 0 Å². The summed E-state index contributed by atoms with van der Waals surface area (Å²) in [5.74, 6) is 0.795. The van der Waals surface area contributed by atoms with Crippen LogP contribution in [0, 0.1) is 6.92 Å². The maximum Gasteiger partial charge on any atom is 0.223 e. The third-order valence-electron chi connectivity index (χ3n) is 5.12. The lowest BCUT2D eigenvalue weighted by Gasteiger charge is -2.24. The van der Waals surface area contributed by atoms with Crippen LogP contribution in [0.25, 0.3) is 5.65 Å². The summed E-state index contributed by atoms with van der Waals surface area (Å²) in [5.41, 5.74) is 3.99. The molecule has 1 amide bonds. The summed E-state index contributed by atoms with van der Waals surface area (Å²) in [4.78, 5) is 19.4. The summed E-state index contributed by atoms with van der Waals surface area (Å²) in [6.45, 7) is 7.50. The van der Waals surface area contributed by atoms with Crippen molar-refractivity contribution in [2.45, 2.75) is 33.1 Å². The number of carbonyl (C=O) groups excluding carboxylic acids is 1. The number of aromatic nitrogens is 2. The van der Waals surface area contributed by atoms with E-state index < -0.39 is 0 Å². The Balaban J connectivity index is 2.13. The number of fused-ring (bicyclic) bond motifs is 1. The SMILES string of the molecule is CCN(CC)C(=O)CC(c1ccccc1OC)c1cnc2cccc(C)n12. The van der Waals surface area contributed by atoms with Crippen LogP contribution in [-0.2, 0) is 4.79 Å².